The van der Waals surface area contributed by atoms with Gasteiger partial charge in [-0.15, -0.1) is 5.10 Å². The number of halogens is 1. The molecule has 0 spiro atoms. The molecular formula is C12H14BrN5O. The second-order valence-electron chi connectivity index (χ2n) is 4.47. The molecule has 0 aliphatic rings. The molecule has 0 saturated heterocycles. The Balaban J connectivity index is 2.13. The Bertz CT molecular complexity index is 608. The van der Waals surface area contributed by atoms with E-state index in [1.807, 2.05) is 20.8 Å². The molecule has 2 rings (SSSR count). The van der Waals surface area contributed by atoms with Crippen LogP contribution in [0.1, 0.15) is 41.8 Å². The SMILES string of the molecule is Cc1cc(NC(=O)c2n[nH]c(C(C)C)n2)ncc1Br. The van der Waals surface area contributed by atoms with E-state index in [1.54, 1.807) is 12.3 Å². The summed E-state index contributed by atoms with van der Waals surface area (Å²) < 4.78 is 0.894. The number of hydrogen-bond acceptors (Lipinski definition) is 4. The molecule has 0 bridgehead atoms. The van der Waals surface area contributed by atoms with Crippen molar-refractivity contribution in [2.24, 2.45) is 0 Å². The van der Waals surface area contributed by atoms with Gasteiger partial charge >= 0.3 is 0 Å². The van der Waals surface area contributed by atoms with E-state index in [4.69, 9.17) is 0 Å². The van der Waals surface area contributed by atoms with Gasteiger partial charge in [0.25, 0.3) is 5.91 Å². The van der Waals surface area contributed by atoms with Crippen molar-refractivity contribution < 1.29 is 4.79 Å². The lowest BCUT2D eigenvalue weighted by atomic mass is 10.2. The third kappa shape index (κ3) is 3.17. The molecule has 2 N–H and O–H groups in total. The van der Waals surface area contributed by atoms with Gasteiger partial charge in [-0.1, -0.05) is 13.8 Å². The van der Waals surface area contributed by atoms with Crippen LogP contribution in [-0.4, -0.2) is 26.1 Å². The lowest BCUT2D eigenvalue weighted by Gasteiger charge is -2.03. The van der Waals surface area contributed by atoms with E-state index in [-0.39, 0.29) is 17.6 Å². The van der Waals surface area contributed by atoms with Crippen molar-refractivity contribution in [2.45, 2.75) is 26.7 Å². The topological polar surface area (TPSA) is 83.6 Å². The number of hydrogen-bond donors (Lipinski definition) is 2. The first-order chi connectivity index (χ1) is 8.97. The highest BCUT2D eigenvalue weighted by atomic mass is 79.9. The molecule has 2 aromatic heterocycles. The molecule has 0 saturated carbocycles. The fourth-order valence-electron chi connectivity index (χ4n) is 1.41. The van der Waals surface area contributed by atoms with E-state index in [2.05, 4.69) is 41.4 Å². The highest BCUT2D eigenvalue weighted by Gasteiger charge is 2.14. The van der Waals surface area contributed by atoms with Crippen molar-refractivity contribution in [3.63, 3.8) is 0 Å². The first kappa shape index (κ1) is 13.7. The Labute approximate surface area is 119 Å². The van der Waals surface area contributed by atoms with Crippen molar-refractivity contribution in [3.8, 4) is 0 Å². The quantitative estimate of drug-likeness (QED) is 0.909. The van der Waals surface area contributed by atoms with Crippen molar-refractivity contribution in [2.75, 3.05) is 5.32 Å². The van der Waals surface area contributed by atoms with Crippen molar-refractivity contribution >= 4 is 27.7 Å². The summed E-state index contributed by atoms with van der Waals surface area (Å²) in [6, 6.07) is 1.78. The summed E-state index contributed by atoms with van der Waals surface area (Å²) in [6.45, 7) is 5.87. The zero-order valence-corrected chi connectivity index (χ0v) is 12.4. The lowest BCUT2D eigenvalue weighted by Crippen LogP contribution is -2.15. The van der Waals surface area contributed by atoms with Crippen LogP contribution in [0.25, 0.3) is 0 Å². The van der Waals surface area contributed by atoms with Gasteiger partial charge in [0.1, 0.15) is 11.6 Å². The predicted octanol–water partition coefficient (Wildman–Crippen LogP) is 2.65. The number of carbonyl (C=O) groups is 1. The average Bonchev–Trinajstić information content (AvgIpc) is 2.83. The molecule has 0 unspecified atom stereocenters. The molecule has 2 aromatic rings. The second kappa shape index (κ2) is 5.48. The summed E-state index contributed by atoms with van der Waals surface area (Å²) in [5.74, 6) is 1.09. The summed E-state index contributed by atoms with van der Waals surface area (Å²) >= 11 is 3.35. The smallest absolute Gasteiger partial charge is 0.296 e. The number of nitrogens with zero attached hydrogens (tertiary/aromatic N) is 3. The fourth-order valence-corrected chi connectivity index (χ4v) is 1.63. The summed E-state index contributed by atoms with van der Waals surface area (Å²) in [4.78, 5) is 20.2. The third-order valence-electron chi connectivity index (χ3n) is 2.54. The Morgan fingerprint density at radius 1 is 1.47 bits per heavy atom. The van der Waals surface area contributed by atoms with Crippen LogP contribution in [0.2, 0.25) is 0 Å². The average molecular weight is 324 g/mol. The number of H-pyrrole nitrogens is 1. The van der Waals surface area contributed by atoms with Gasteiger partial charge in [-0.25, -0.2) is 9.97 Å². The number of anilines is 1. The Morgan fingerprint density at radius 3 is 2.79 bits per heavy atom. The van der Waals surface area contributed by atoms with Crippen molar-refractivity contribution in [1.82, 2.24) is 20.2 Å². The van der Waals surface area contributed by atoms with Crippen LogP contribution in [-0.2, 0) is 0 Å². The molecule has 0 aliphatic carbocycles. The molecule has 0 radical (unpaired) electrons. The number of nitrogens with one attached hydrogen (secondary N) is 2. The summed E-state index contributed by atoms with van der Waals surface area (Å²) in [5, 5.41) is 9.29. The van der Waals surface area contributed by atoms with E-state index in [1.165, 1.54) is 0 Å². The largest absolute Gasteiger partial charge is 0.304 e. The van der Waals surface area contributed by atoms with Crippen LogP contribution in [0.4, 0.5) is 5.82 Å². The molecule has 0 atom stereocenters. The molecule has 1 amide bonds. The van der Waals surface area contributed by atoms with Gasteiger partial charge in [0.2, 0.25) is 5.82 Å². The maximum Gasteiger partial charge on any atom is 0.296 e. The Hall–Kier alpha value is -1.76. The van der Waals surface area contributed by atoms with Crippen LogP contribution < -0.4 is 5.32 Å². The third-order valence-corrected chi connectivity index (χ3v) is 3.37. The molecule has 100 valence electrons. The van der Waals surface area contributed by atoms with Gasteiger partial charge in [-0.05, 0) is 34.5 Å². The zero-order valence-electron chi connectivity index (χ0n) is 10.9. The Kier molecular flexibility index (Phi) is 3.94. The number of amides is 1. The van der Waals surface area contributed by atoms with Crippen LogP contribution in [0, 0.1) is 6.92 Å². The fraction of sp³-hybridized carbons (Fsp3) is 0.333. The lowest BCUT2D eigenvalue weighted by molar-refractivity contribution is 0.101. The number of carbonyl (C=O) groups excluding carboxylic acids is 1. The number of aryl methyl sites for hydroxylation is 1. The highest BCUT2D eigenvalue weighted by molar-refractivity contribution is 9.10. The monoisotopic (exact) mass is 323 g/mol. The van der Waals surface area contributed by atoms with E-state index in [0.29, 0.717) is 11.6 Å². The van der Waals surface area contributed by atoms with E-state index in [9.17, 15) is 4.79 Å². The first-order valence-electron chi connectivity index (χ1n) is 5.83. The number of aromatic nitrogens is 4. The maximum absolute atomic E-state index is 11.9. The molecule has 19 heavy (non-hydrogen) atoms. The molecule has 0 aliphatic heterocycles. The van der Waals surface area contributed by atoms with Gasteiger partial charge in [-0.3, -0.25) is 9.89 Å². The highest BCUT2D eigenvalue weighted by Crippen LogP contribution is 2.17. The minimum absolute atomic E-state index is 0.117. The summed E-state index contributed by atoms with van der Waals surface area (Å²) in [5.41, 5.74) is 0.989. The van der Waals surface area contributed by atoms with Gasteiger partial charge in [0.05, 0.1) is 0 Å². The molecular weight excluding hydrogens is 310 g/mol. The normalized spacial score (nSPS) is 10.8. The number of pyridine rings is 1. The Morgan fingerprint density at radius 2 is 2.21 bits per heavy atom. The van der Waals surface area contributed by atoms with Gasteiger partial charge in [0.15, 0.2) is 0 Å². The minimum Gasteiger partial charge on any atom is -0.304 e. The van der Waals surface area contributed by atoms with Crippen LogP contribution in [0.3, 0.4) is 0 Å². The molecule has 6 nitrogen and oxygen atoms in total. The molecule has 7 heteroatoms. The molecule has 0 fully saturated rings. The van der Waals surface area contributed by atoms with Gasteiger partial charge in [-0.2, -0.15) is 0 Å². The minimum atomic E-state index is -0.377. The standard InChI is InChI=1S/C12H14BrN5O/c1-6(2)10-16-11(18-17-10)12(19)15-9-4-7(3)8(13)5-14-9/h4-6H,1-3H3,(H,14,15,19)(H,16,17,18). The molecule has 2 heterocycles. The number of rotatable bonds is 3. The van der Waals surface area contributed by atoms with Crippen molar-refractivity contribution in [3.05, 3.63) is 33.9 Å². The zero-order chi connectivity index (χ0) is 14.0. The predicted molar refractivity (Wildman–Crippen MR) is 75.1 cm³/mol. The second-order valence-corrected chi connectivity index (χ2v) is 5.33. The van der Waals surface area contributed by atoms with E-state index in [0.717, 1.165) is 10.0 Å². The van der Waals surface area contributed by atoms with Gasteiger partial charge < -0.3 is 5.32 Å². The maximum atomic E-state index is 11.9. The van der Waals surface area contributed by atoms with Gasteiger partial charge in [0, 0.05) is 16.6 Å². The van der Waals surface area contributed by atoms with E-state index >= 15 is 0 Å². The summed E-state index contributed by atoms with van der Waals surface area (Å²) in [7, 11) is 0. The number of aromatic amines is 1. The van der Waals surface area contributed by atoms with Crippen LogP contribution >= 0.6 is 15.9 Å². The van der Waals surface area contributed by atoms with Crippen molar-refractivity contribution in [1.29, 1.82) is 0 Å². The molecule has 0 aromatic carbocycles. The van der Waals surface area contributed by atoms with Crippen LogP contribution in [0.5, 0.6) is 0 Å². The first-order valence-corrected chi connectivity index (χ1v) is 6.62. The summed E-state index contributed by atoms with van der Waals surface area (Å²) in [6.07, 6.45) is 1.64. The van der Waals surface area contributed by atoms with E-state index < -0.39 is 0 Å². The van der Waals surface area contributed by atoms with Crippen LogP contribution in [0.15, 0.2) is 16.7 Å².